The van der Waals surface area contributed by atoms with Crippen molar-refractivity contribution >= 4 is 5.97 Å². The molecule has 1 heterocycles. The minimum Gasteiger partial charge on any atom is -0.469 e. The molecule has 2 N–H and O–H groups in total. The number of esters is 1. The number of ether oxygens (including phenoxy) is 2. The van der Waals surface area contributed by atoms with Gasteiger partial charge in [0, 0.05) is 19.6 Å². The average Bonchev–Trinajstić information content (AvgIpc) is 2.29. The van der Waals surface area contributed by atoms with Gasteiger partial charge in [0.25, 0.3) is 0 Å². The molecule has 0 aromatic carbocycles. The van der Waals surface area contributed by atoms with Crippen LogP contribution in [-0.2, 0) is 14.3 Å². The van der Waals surface area contributed by atoms with Crippen LogP contribution in [0.3, 0.4) is 0 Å². The second kappa shape index (κ2) is 6.83. The van der Waals surface area contributed by atoms with Crippen LogP contribution in [0.2, 0.25) is 0 Å². The summed E-state index contributed by atoms with van der Waals surface area (Å²) in [6.07, 6.45) is 0.301. The van der Waals surface area contributed by atoms with Gasteiger partial charge in [-0.05, 0) is 12.5 Å². The Hall–Kier alpha value is -0.650. The molecule has 0 aromatic rings. The van der Waals surface area contributed by atoms with E-state index < -0.39 is 0 Å². The van der Waals surface area contributed by atoms with Gasteiger partial charge in [0.05, 0.1) is 26.2 Å². The summed E-state index contributed by atoms with van der Waals surface area (Å²) in [6.45, 7) is 6.18. The Morgan fingerprint density at radius 3 is 3.06 bits per heavy atom. The monoisotopic (exact) mass is 230 g/mol. The van der Waals surface area contributed by atoms with Crippen LogP contribution < -0.4 is 5.73 Å². The summed E-state index contributed by atoms with van der Waals surface area (Å²) < 4.78 is 10.2. The minimum absolute atomic E-state index is 0.0359. The van der Waals surface area contributed by atoms with Gasteiger partial charge in [-0.15, -0.1) is 0 Å². The molecule has 5 nitrogen and oxygen atoms in total. The van der Waals surface area contributed by atoms with Gasteiger partial charge in [0.2, 0.25) is 0 Å². The molecule has 16 heavy (non-hydrogen) atoms. The van der Waals surface area contributed by atoms with Crippen LogP contribution in [0.1, 0.15) is 13.3 Å². The summed E-state index contributed by atoms with van der Waals surface area (Å²) in [5.74, 6) is 0.274. The van der Waals surface area contributed by atoms with Crippen molar-refractivity contribution in [2.45, 2.75) is 19.4 Å². The molecule has 0 aromatic heterocycles. The van der Waals surface area contributed by atoms with Crippen LogP contribution in [0.5, 0.6) is 0 Å². The molecular formula is C11H22N2O3. The summed E-state index contributed by atoms with van der Waals surface area (Å²) in [7, 11) is 1.40. The molecule has 2 unspecified atom stereocenters. The van der Waals surface area contributed by atoms with Gasteiger partial charge in [-0.1, -0.05) is 6.92 Å². The van der Waals surface area contributed by atoms with E-state index >= 15 is 0 Å². The van der Waals surface area contributed by atoms with E-state index in [9.17, 15) is 4.79 Å². The number of rotatable bonds is 5. The van der Waals surface area contributed by atoms with Crippen molar-refractivity contribution in [2.75, 3.05) is 39.9 Å². The number of carbonyl (C=O) groups is 1. The molecule has 0 aliphatic carbocycles. The van der Waals surface area contributed by atoms with Gasteiger partial charge in [-0.2, -0.15) is 0 Å². The van der Waals surface area contributed by atoms with Gasteiger partial charge in [0.1, 0.15) is 0 Å². The third-order valence-corrected chi connectivity index (χ3v) is 2.82. The molecular weight excluding hydrogens is 208 g/mol. The number of methoxy groups -OCH3 is 1. The Morgan fingerprint density at radius 1 is 1.69 bits per heavy atom. The molecule has 94 valence electrons. The SMILES string of the molecule is COC(=O)CC1CN(CC(C)CN)CCO1. The normalized spacial score (nSPS) is 24.1. The largest absolute Gasteiger partial charge is 0.469 e. The molecule has 0 radical (unpaired) electrons. The summed E-state index contributed by atoms with van der Waals surface area (Å²) in [4.78, 5) is 13.4. The summed E-state index contributed by atoms with van der Waals surface area (Å²) in [5.41, 5.74) is 5.59. The molecule has 0 saturated carbocycles. The zero-order valence-corrected chi connectivity index (χ0v) is 10.1. The fraction of sp³-hybridized carbons (Fsp3) is 0.909. The predicted molar refractivity (Wildman–Crippen MR) is 61.0 cm³/mol. The standard InChI is InChI=1S/C11H22N2O3/c1-9(6-12)7-13-3-4-16-10(8-13)5-11(14)15-2/h9-10H,3-8,12H2,1-2H3. The van der Waals surface area contributed by atoms with Gasteiger partial charge < -0.3 is 15.2 Å². The number of hydrogen-bond acceptors (Lipinski definition) is 5. The lowest BCUT2D eigenvalue weighted by Gasteiger charge is -2.33. The van der Waals surface area contributed by atoms with Crippen LogP contribution in [0.4, 0.5) is 0 Å². The fourth-order valence-electron chi connectivity index (χ4n) is 1.85. The summed E-state index contributed by atoms with van der Waals surface area (Å²) in [6, 6.07) is 0. The van der Waals surface area contributed by atoms with E-state index in [2.05, 4.69) is 16.6 Å². The molecule has 0 spiro atoms. The lowest BCUT2D eigenvalue weighted by Crippen LogP contribution is -2.45. The Kier molecular flexibility index (Phi) is 5.73. The first kappa shape index (κ1) is 13.4. The van der Waals surface area contributed by atoms with Gasteiger partial charge in [-0.25, -0.2) is 0 Å². The van der Waals surface area contributed by atoms with Gasteiger partial charge in [0.15, 0.2) is 0 Å². The van der Waals surface area contributed by atoms with E-state index in [1.807, 2.05) is 0 Å². The molecule has 2 atom stereocenters. The number of hydrogen-bond donors (Lipinski definition) is 1. The number of nitrogens with two attached hydrogens (primary N) is 1. The van der Waals surface area contributed by atoms with Crippen molar-refractivity contribution < 1.29 is 14.3 Å². The van der Waals surface area contributed by atoms with Crippen molar-refractivity contribution in [3.05, 3.63) is 0 Å². The third kappa shape index (κ3) is 4.47. The molecule has 0 amide bonds. The number of morpholine rings is 1. The first-order chi connectivity index (χ1) is 7.65. The maximum Gasteiger partial charge on any atom is 0.308 e. The maximum atomic E-state index is 11.1. The highest BCUT2D eigenvalue weighted by Crippen LogP contribution is 2.10. The van der Waals surface area contributed by atoms with Crippen molar-refractivity contribution in [3.8, 4) is 0 Å². The quantitative estimate of drug-likeness (QED) is 0.665. The first-order valence-corrected chi connectivity index (χ1v) is 5.76. The number of nitrogens with zero attached hydrogens (tertiary/aromatic N) is 1. The smallest absolute Gasteiger partial charge is 0.308 e. The van der Waals surface area contributed by atoms with Crippen LogP contribution in [0.15, 0.2) is 0 Å². The molecule has 1 aliphatic rings. The highest BCUT2D eigenvalue weighted by atomic mass is 16.5. The molecule has 5 heteroatoms. The average molecular weight is 230 g/mol. The Morgan fingerprint density at radius 2 is 2.44 bits per heavy atom. The van der Waals surface area contributed by atoms with Crippen molar-refractivity contribution in [1.29, 1.82) is 0 Å². The van der Waals surface area contributed by atoms with Crippen LogP contribution in [0.25, 0.3) is 0 Å². The Balaban J connectivity index is 2.32. The van der Waals surface area contributed by atoms with E-state index in [0.717, 1.165) is 19.6 Å². The van der Waals surface area contributed by atoms with Gasteiger partial charge >= 0.3 is 5.97 Å². The summed E-state index contributed by atoms with van der Waals surface area (Å²) in [5, 5.41) is 0. The molecule has 1 saturated heterocycles. The molecule has 0 bridgehead atoms. The zero-order chi connectivity index (χ0) is 12.0. The van der Waals surface area contributed by atoms with Crippen molar-refractivity contribution in [3.63, 3.8) is 0 Å². The highest BCUT2D eigenvalue weighted by Gasteiger charge is 2.23. The minimum atomic E-state index is -0.210. The van der Waals surface area contributed by atoms with E-state index in [-0.39, 0.29) is 12.1 Å². The summed E-state index contributed by atoms with van der Waals surface area (Å²) >= 11 is 0. The van der Waals surface area contributed by atoms with Gasteiger partial charge in [-0.3, -0.25) is 9.69 Å². The Bertz CT molecular complexity index is 223. The van der Waals surface area contributed by atoms with E-state index in [4.69, 9.17) is 10.5 Å². The van der Waals surface area contributed by atoms with Crippen LogP contribution in [0, 0.1) is 5.92 Å². The van der Waals surface area contributed by atoms with E-state index in [1.54, 1.807) is 0 Å². The highest BCUT2D eigenvalue weighted by molar-refractivity contribution is 5.69. The maximum absolute atomic E-state index is 11.1. The molecule has 1 fully saturated rings. The lowest BCUT2D eigenvalue weighted by molar-refractivity contribution is -0.145. The predicted octanol–water partition coefficient (Wildman–Crippen LogP) is -0.155. The second-order valence-corrected chi connectivity index (χ2v) is 4.37. The van der Waals surface area contributed by atoms with Crippen molar-refractivity contribution in [2.24, 2.45) is 11.7 Å². The van der Waals surface area contributed by atoms with E-state index in [0.29, 0.717) is 25.5 Å². The van der Waals surface area contributed by atoms with Crippen LogP contribution >= 0.6 is 0 Å². The molecule has 1 aliphatic heterocycles. The Labute approximate surface area is 96.9 Å². The zero-order valence-electron chi connectivity index (χ0n) is 10.1. The lowest BCUT2D eigenvalue weighted by atomic mass is 10.1. The second-order valence-electron chi connectivity index (χ2n) is 4.37. The van der Waals surface area contributed by atoms with E-state index in [1.165, 1.54) is 7.11 Å². The van der Waals surface area contributed by atoms with Crippen molar-refractivity contribution in [1.82, 2.24) is 4.90 Å². The third-order valence-electron chi connectivity index (χ3n) is 2.82. The topological polar surface area (TPSA) is 64.8 Å². The first-order valence-electron chi connectivity index (χ1n) is 5.76. The molecule has 1 rings (SSSR count). The fourth-order valence-corrected chi connectivity index (χ4v) is 1.85. The van der Waals surface area contributed by atoms with Crippen LogP contribution in [-0.4, -0.2) is 56.9 Å². The number of carbonyl (C=O) groups excluding carboxylic acids is 1.